The van der Waals surface area contributed by atoms with Crippen molar-refractivity contribution in [2.75, 3.05) is 36.4 Å². The Hall–Kier alpha value is -3.92. The van der Waals surface area contributed by atoms with Crippen LogP contribution in [0.25, 0.3) is 11.4 Å². The van der Waals surface area contributed by atoms with Gasteiger partial charge < -0.3 is 15.1 Å². The number of anilines is 3. The van der Waals surface area contributed by atoms with E-state index in [4.69, 9.17) is 10.2 Å². The minimum absolute atomic E-state index is 0.581. The van der Waals surface area contributed by atoms with Crippen molar-refractivity contribution in [2.24, 2.45) is 0 Å². The largest absolute Gasteiger partial charge is 0.353 e. The first kappa shape index (κ1) is 18.4. The quantitative estimate of drug-likeness (QED) is 0.681. The average molecular weight is 384 g/mol. The molecule has 1 amide bonds. The van der Waals surface area contributed by atoms with Gasteiger partial charge in [-0.25, -0.2) is 9.97 Å². The number of carbonyl (C=O) groups excluding carboxylic acids is 1. The third kappa shape index (κ3) is 4.33. The molecule has 144 valence electrons. The monoisotopic (exact) mass is 384 g/mol. The van der Waals surface area contributed by atoms with E-state index in [1.165, 1.54) is 0 Å². The van der Waals surface area contributed by atoms with E-state index in [1.54, 1.807) is 17.0 Å². The number of aromatic nitrogens is 2. The van der Waals surface area contributed by atoms with Gasteiger partial charge >= 0.3 is 0 Å². The fraction of sp³-hybridized carbons (Fsp3) is 0.182. The van der Waals surface area contributed by atoms with E-state index in [0.717, 1.165) is 23.5 Å². The summed E-state index contributed by atoms with van der Waals surface area (Å²) in [6, 6.07) is 21.2. The molecule has 0 atom stereocenters. The molecular weight excluding hydrogens is 364 g/mol. The predicted molar refractivity (Wildman–Crippen MR) is 112 cm³/mol. The number of carbonyl (C=O) groups is 1. The first-order valence-electron chi connectivity index (χ1n) is 9.41. The number of nitriles is 1. The third-order valence-electron chi connectivity index (χ3n) is 4.80. The summed E-state index contributed by atoms with van der Waals surface area (Å²) >= 11 is 0. The Morgan fingerprint density at radius 2 is 1.76 bits per heavy atom. The van der Waals surface area contributed by atoms with Crippen LogP contribution in [0.5, 0.6) is 0 Å². The van der Waals surface area contributed by atoms with Crippen molar-refractivity contribution in [3.05, 3.63) is 66.2 Å². The van der Waals surface area contributed by atoms with E-state index in [-0.39, 0.29) is 0 Å². The summed E-state index contributed by atoms with van der Waals surface area (Å²) in [5, 5.41) is 12.4. The molecule has 4 rings (SSSR count). The van der Waals surface area contributed by atoms with Crippen molar-refractivity contribution >= 4 is 23.7 Å². The number of nitrogens with zero attached hydrogens (tertiary/aromatic N) is 5. The molecule has 1 aliphatic heterocycles. The molecule has 1 N–H and O–H groups in total. The van der Waals surface area contributed by atoms with Gasteiger partial charge in [-0.1, -0.05) is 36.4 Å². The van der Waals surface area contributed by atoms with E-state index in [1.807, 2.05) is 48.5 Å². The molecule has 0 saturated carbocycles. The van der Waals surface area contributed by atoms with Gasteiger partial charge in [0.05, 0.1) is 11.6 Å². The maximum Gasteiger partial charge on any atom is 0.209 e. The molecule has 0 bridgehead atoms. The second-order valence-electron chi connectivity index (χ2n) is 6.75. The van der Waals surface area contributed by atoms with Crippen molar-refractivity contribution in [3.8, 4) is 17.5 Å². The second kappa shape index (κ2) is 8.40. The highest BCUT2D eigenvalue weighted by Crippen LogP contribution is 2.25. The third-order valence-corrected chi connectivity index (χ3v) is 4.80. The van der Waals surface area contributed by atoms with Crippen molar-refractivity contribution < 1.29 is 4.79 Å². The highest BCUT2D eigenvalue weighted by molar-refractivity contribution is 5.66. The molecule has 0 aliphatic carbocycles. The van der Waals surface area contributed by atoms with Crippen molar-refractivity contribution in [2.45, 2.75) is 0 Å². The van der Waals surface area contributed by atoms with Crippen LogP contribution in [-0.2, 0) is 4.79 Å². The van der Waals surface area contributed by atoms with Crippen LogP contribution in [0.15, 0.2) is 60.7 Å². The smallest absolute Gasteiger partial charge is 0.209 e. The lowest BCUT2D eigenvalue weighted by Crippen LogP contribution is -2.46. The molecule has 1 fully saturated rings. The van der Waals surface area contributed by atoms with Crippen LogP contribution < -0.4 is 10.2 Å². The maximum atomic E-state index is 11.0. The van der Waals surface area contributed by atoms with Gasteiger partial charge in [-0.3, -0.25) is 4.79 Å². The Morgan fingerprint density at radius 1 is 0.966 bits per heavy atom. The Kier molecular flexibility index (Phi) is 5.34. The number of hydrogen-bond donors (Lipinski definition) is 1. The molecule has 2 heterocycles. The van der Waals surface area contributed by atoms with Gasteiger partial charge in [0.1, 0.15) is 11.6 Å². The van der Waals surface area contributed by atoms with Crippen LogP contribution in [0.3, 0.4) is 0 Å². The number of nitrogens with one attached hydrogen (secondary N) is 1. The molecule has 29 heavy (non-hydrogen) atoms. The number of hydrogen-bond acceptors (Lipinski definition) is 6. The molecule has 0 unspecified atom stereocenters. The SMILES string of the molecule is N#Cc1cccc(Nc2cc(N3CCN(C=O)CC3)nc(-c3ccccc3)n2)c1. The maximum absolute atomic E-state index is 11.0. The van der Waals surface area contributed by atoms with Gasteiger partial charge in [0.15, 0.2) is 5.82 Å². The van der Waals surface area contributed by atoms with E-state index in [2.05, 4.69) is 21.3 Å². The summed E-state index contributed by atoms with van der Waals surface area (Å²) < 4.78 is 0. The Labute approximate surface area is 169 Å². The van der Waals surface area contributed by atoms with E-state index in [0.29, 0.717) is 43.4 Å². The first-order chi connectivity index (χ1) is 14.2. The molecular formula is C22H20N6O. The highest BCUT2D eigenvalue weighted by Gasteiger charge is 2.19. The van der Waals surface area contributed by atoms with Crippen LogP contribution in [0, 0.1) is 11.3 Å². The normalized spacial score (nSPS) is 13.6. The molecule has 7 heteroatoms. The van der Waals surface area contributed by atoms with Gasteiger partial charge in [0, 0.05) is 43.5 Å². The fourth-order valence-electron chi connectivity index (χ4n) is 3.25. The Morgan fingerprint density at radius 3 is 2.48 bits per heavy atom. The van der Waals surface area contributed by atoms with Gasteiger partial charge in [0.2, 0.25) is 6.41 Å². The average Bonchev–Trinajstić information content (AvgIpc) is 2.79. The van der Waals surface area contributed by atoms with Crippen molar-refractivity contribution in [3.63, 3.8) is 0 Å². The molecule has 0 spiro atoms. The lowest BCUT2D eigenvalue weighted by atomic mass is 10.2. The van der Waals surface area contributed by atoms with Crippen LogP contribution in [-0.4, -0.2) is 47.5 Å². The Bertz CT molecular complexity index is 1040. The topological polar surface area (TPSA) is 85.2 Å². The zero-order valence-electron chi connectivity index (χ0n) is 15.8. The Balaban J connectivity index is 1.68. The number of rotatable bonds is 5. The minimum atomic E-state index is 0.581. The van der Waals surface area contributed by atoms with Crippen LogP contribution in [0.4, 0.5) is 17.3 Å². The number of amides is 1. The predicted octanol–water partition coefficient (Wildman–Crippen LogP) is 3.04. The van der Waals surface area contributed by atoms with Crippen molar-refractivity contribution in [1.29, 1.82) is 5.26 Å². The summed E-state index contributed by atoms with van der Waals surface area (Å²) in [5.41, 5.74) is 2.30. The lowest BCUT2D eigenvalue weighted by molar-refractivity contribution is -0.118. The standard InChI is InChI=1S/C22H20N6O/c23-15-17-5-4-8-19(13-17)24-20-14-21(28-11-9-27(16-29)10-12-28)26-22(25-20)18-6-2-1-3-7-18/h1-8,13-14,16H,9-12H2,(H,24,25,26). The second-order valence-corrected chi connectivity index (χ2v) is 6.75. The van der Waals surface area contributed by atoms with Gasteiger partial charge in [-0.05, 0) is 18.2 Å². The zero-order valence-corrected chi connectivity index (χ0v) is 15.8. The molecule has 1 aromatic heterocycles. The summed E-state index contributed by atoms with van der Waals surface area (Å²) in [4.78, 5) is 24.4. The van der Waals surface area contributed by atoms with E-state index < -0.39 is 0 Å². The summed E-state index contributed by atoms with van der Waals surface area (Å²) in [6.07, 6.45) is 0.891. The van der Waals surface area contributed by atoms with E-state index in [9.17, 15) is 4.79 Å². The summed E-state index contributed by atoms with van der Waals surface area (Å²) in [6.45, 7) is 2.77. The van der Waals surface area contributed by atoms with Gasteiger partial charge in [-0.2, -0.15) is 5.26 Å². The van der Waals surface area contributed by atoms with Crippen molar-refractivity contribution in [1.82, 2.24) is 14.9 Å². The molecule has 2 aromatic carbocycles. The molecule has 3 aromatic rings. The fourth-order valence-corrected chi connectivity index (χ4v) is 3.25. The molecule has 7 nitrogen and oxygen atoms in total. The van der Waals surface area contributed by atoms with Crippen LogP contribution in [0.1, 0.15) is 5.56 Å². The first-order valence-corrected chi connectivity index (χ1v) is 9.41. The minimum Gasteiger partial charge on any atom is -0.353 e. The molecule has 0 radical (unpaired) electrons. The molecule has 1 aliphatic rings. The highest BCUT2D eigenvalue weighted by atomic mass is 16.1. The number of piperazine rings is 1. The van der Waals surface area contributed by atoms with Gasteiger partial charge in [-0.15, -0.1) is 0 Å². The zero-order chi connectivity index (χ0) is 20.1. The molecule has 1 saturated heterocycles. The number of benzene rings is 2. The van der Waals surface area contributed by atoms with Gasteiger partial charge in [0.25, 0.3) is 0 Å². The lowest BCUT2D eigenvalue weighted by Gasteiger charge is -2.33. The van der Waals surface area contributed by atoms with Crippen LogP contribution >= 0.6 is 0 Å². The summed E-state index contributed by atoms with van der Waals surface area (Å²) in [7, 11) is 0. The van der Waals surface area contributed by atoms with Crippen LogP contribution in [0.2, 0.25) is 0 Å². The van der Waals surface area contributed by atoms with E-state index >= 15 is 0 Å². The summed E-state index contributed by atoms with van der Waals surface area (Å²) in [5.74, 6) is 2.09.